The second kappa shape index (κ2) is 8.09. The summed E-state index contributed by atoms with van der Waals surface area (Å²) in [5.74, 6) is 0.934. The molecular formula is C14H23NO2. The van der Waals surface area contributed by atoms with E-state index in [1.807, 2.05) is 12.1 Å². The number of hydrogen-bond donors (Lipinski definition) is 1. The third-order valence-corrected chi connectivity index (χ3v) is 2.62. The molecular weight excluding hydrogens is 214 g/mol. The van der Waals surface area contributed by atoms with Crippen LogP contribution in [0.25, 0.3) is 0 Å². The van der Waals surface area contributed by atoms with Gasteiger partial charge in [0.1, 0.15) is 12.4 Å². The predicted octanol–water partition coefficient (Wildman–Crippen LogP) is 2.25. The zero-order chi connectivity index (χ0) is 12.5. The number of ether oxygens (including phenoxy) is 2. The van der Waals surface area contributed by atoms with Crippen LogP contribution in [0.15, 0.2) is 24.3 Å². The Hall–Kier alpha value is -1.06. The van der Waals surface area contributed by atoms with Gasteiger partial charge in [-0.05, 0) is 30.7 Å². The molecule has 0 fully saturated rings. The smallest absolute Gasteiger partial charge is 0.119 e. The first-order chi connectivity index (χ1) is 8.30. The average molecular weight is 237 g/mol. The molecule has 1 aromatic carbocycles. The van der Waals surface area contributed by atoms with E-state index in [2.05, 4.69) is 31.3 Å². The first kappa shape index (κ1) is 14.0. The normalized spacial score (nSPS) is 12.4. The summed E-state index contributed by atoms with van der Waals surface area (Å²) >= 11 is 0. The summed E-state index contributed by atoms with van der Waals surface area (Å²) < 4.78 is 10.9. The quantitative estimate of drug-likeness (QED) is 0.752. The maximum absolute atomic E-state index is 5.77. The molecule has 0 spiro atoms. The standard InChI is InChI=1S/C14H23NO2/c1-4-12-7-6-8-14(9-12)17-11-13(10-16-3)15-5-2/h6-9,13,15H,4-5,10-11H2,1-3H3. The lowest BCUT2D eigenvalue weighted by molar-refractivity contribution is 0.137. The van der Waals surface area contributed by atoms with E-state index < -0.39 is 0 Å². The molecule has 96 valence electrons. The third-order valence-electron chi connectivity index (χ3n) is 2.62. The maximum atomic E-state index is 5.77. The van der Waals surface area contributed by atoms with Crippen molar-refractivity contribution in [3.8, 4) is 5.75 Å². The van der Waals surface area contributed by atoms with Crippen LogP contribution < -0.4 is 10.1 Å². The van der Waals surface area contributed by atoms with Gasteiger partial charge in [0.25, 0.3) is 0 Å². The Kier molecular flexibility index (Phi) is 6.67. The van der Waals surface area contributed by atoms with E-state index in [-0.39, 0.29) is 6.04 Å². The molecule has 0 aliphatic rings. The number of hydrogen-bond acceptors (Lipinski definition) is 3. The van der Waals surface area contributed by atoms with Gasteiger partial charge >= 0.3 is 0 Å². The number of aryl methyl sites for hydroxylation is 1. The van der Waals surface area contributed by atoms with Crippen molar-refractivity contribution in [2.24, 2.45) is 0 Å². The second-order valence-electron chi connectivity index (χ2n) is 4.02. The van der Waals surface area contributed by atoms with E-state index in [0.717, 1.165) is 18.7 Å². The SMILES string of the molecule is CCNC(COC)COc1cccc(CC)c1. The lowest BCUT2D eigenvalue weighted by Crippen LogP contribution is -2.38. The molecule has 0 aliphatic heterocycles. The summed E-state index contributed by atoms with van der Waals surface area (Å²) in [5, 5.41) is 3.33. The summed E-state index contributed by atoms with van der Waals surface area (Å²) in [6.07, 6.45) is 1.03. The van der Waals surface area contributed by atoms with Gasteiger partial charge in [0, 0.05) is 7.11 Å². The van der Waals surface area contributed by atoms with Gasteiger partial charge in [0.15, 0.2) is 0 Å². The van der Waals surface area contributed by atoms with Crippen molar-refractivity contribution in [1.29, 1.82) is 0 Å². The first-order valence-corrected chi connectivity index (χ1v) is 6.24. The van der Waals surface area contributed by atoms with Crippen molar-refractivity contribution in [2.45, 2.75) is 26.3 Å². The number of benzene rings is 1. The van der Waals surface area contributed by atoms with Gasteiger partial charge in [-0.3, -0.25) is 0 Å². The number of nitrogens with one attached hydrogen (secondary N) is 1. The van der Waals surface area contributed by atoms with Crippen molar-refractivity contribution >= 4 is 0 Å². The van der Waals surface area contributed by atoms with Gasteiger partial charge in [-0.1, -0.05) is 26.0 Å². The van der Waals surface area contributed by atoms with Crippen molar-refractivity contribution in [3.05, 3.63) is 29.8 Å². The largest absolute Gasteiger partial charge is 0.492 e. The molecule has 0 radical (unpaired) electrons. The third kappa shape index (κ3) is 5.20. The van der Waals surface area contributed by atoms with Crippen molar-refractivity contribution in [3.63, 3.8) is 0 Å². The van der Waals surface area contributed by atoms with Gasteiger partial charge in [0.05, 0.1) is 12.6 Å². The van der Waals surface area contributed by atoms with E-state index >= 15 is 0 Å². The Bertz CT molecular complexity index is 309. The highest BCUT2D eigenvalue weighted by Crippen LogP contribution is 2.13. The monoisotopic (exact) mass is 237 g/mol. The van der Waals surface area contributed by atoms with Crippen LogP contribution in [0.2, 0.25) is 0 Å². The summed E-state index contributed by atoms with van der Waals surface area (Å²) in [6.45, 7) is 6.45. The van der Waals surface area contributed by atoms with E-state index in [4.69, 9.17) is 9.47 Å². The number of rotatable bonds is 8. The highest BCUT2D eigenvalue weighted by Gasteiger charge is 2.07. The Morgan fingerprint density at radius 1 is 1.24 bits per heavy atom. The van der Waals surface area contributed by atoms with Crippen LogP contribution in [0.4, 0.5) is 0 Å². The van der Waals surface area contributed by atoms with Crippen molar-refractivity contribution in [1.82, 2.24) is 5.32 Å². The molecule has 0 amide bonds. The fourth-order valence-corrected chi connectivity index (χ4v) is 1.71. The van der Waals surface area contributed by atoms with E-state index in [1.165, 1.54) is 5.56 Å². The summed E-state index contributed by atoms with van der Waals surface area (Å²) in [5.41, 5.74) is 1.30. The lowest BCUT2D eigenvalue weighted by atomic mass is 10.2. The maximum Gasteiger partial charge on any atom is 0.119 e. The summed E-state index contributed by atoms with van der Waals surface area (Å²) in [4.78, 5) is 0. The average Bonchev–Trinajstić information content (AvgIpc) is 2.37. The van der Waals surface area contributed by atoms with Crippen molar-refractivity contribution in [2.75, 3.05) is 26.9 Å². The van der Waals surface area contributed by atoms with E-state index in [1.54, 1.807) is 7.11 Å². The number of likely N-dealkylation sites (N-methyl/N-ethyl adjacent to an activating group) is 1. The molecule has 0 bridgehead atoms. The fourth-order valence-electron chi connectivity index (χ4n) is 1.71. The molecule has 0 saturated carbocycles. The summed E-state index contributed by atoms with van der Waals surface area (Å²) in [6, 6.07) is 8.48. The van der Waals surface area contributed by atoms with Gasteiger partial charge in [-0.15, -0.1) is 0 Å². The molecule has 0 heterocycles. The van der Waals surface area contributed by atoms with Crippen LogP contribution >= 0.6 is 0 Å². The second-order valence-corrected chi connectivity index (χ2v) is 4.02. The molecule has 3 heteroatoms. The van der Waals surface area contributed by atoms with Gasteiger partial charge in [0.2, 0.25) is 0 Å². The van der Waals surface area contributed by atoms with E-state index in [0.29, 0.717) is 13.2 Å². The Morgan fingerprint density at radius 3 is 2.71 bits per heavy atom. The molecule has 1 rings (SSSR count). The van der Waals surface area contributed by atoms with Crippen LogP contribution in [0.3, 0.4) is 0 Å². The number of methoxy groups -OCH3 is 1. The minimum absolute atomic E-state index is 0.246. The molecule has 0 aliphatic carbocycles. The molecule has 0 aromatic heterocycles. The van der Waals surface area contributed by atoms with Crippen LogP contribution in [0.5, 0.6) is 5.75 Å². The Labute approximate surface area is 104 Å². The Morgan fingerprint density at radius 2 is 2.06 bits per heavy atom. The molecule has 17 heavy (non-hydrogen) atoms. The van der Waals surface area contributed by atoms with Crippen LogP contribution in [-0.4, -0.2) is 32.9 Å². The topological polar surface area (TPSA) is 30.5 Å². The zero-order valence-electron chi connectivity index (χ0n) is 11.0. The predicted molar refractivity (Wildman–Crippen MR) is 70.7 cm³/mol. The minimum Gasteiger partial charge on any atom is -0.492 e. The highest BCUT2D eigenvalue weighted by molar-refractivity contribution is 5.28. The first-order valence-electron chi connectivity index (χ1n) is 6.24. The summed E-state index contributed by atoms with van der Waals surface area (Å²) in [7, 11) is 1.71. The van der Waals surface area contributed by atoms with Crippen LogP contribution in [0, 0.1) is 0 Å². The Balaban J connectivity index is 2.46. The highest BCUT2D eigenvalue weighted by atomic mass is 16.5. The van der Waals surface area contributed by atoms with Gasteiger partial charge < -0.3 is 14.8 Å². The van der Waals surface area contributed by atoms with E-state index in [9.17, 15) is 0 Å². The molecule has 1 unspecified atom stereocenters. The zero-order valence-corrected chi connectivity index (χ0v) is 11.0. The molecule has 3 nitrogen and oxygen atoms in total. The molecule has 1 aromatic rings. The van der Waals surface area contributed by atoms with Crippen molar-refractivity contribution < 1.29 is 9.47 Å². The van der Waals surface area contributed by atoms with Crippen LogP contribution in [-0.2, 0) is 11.2 Å². The molecule has 0 saturated heterocycles. The molecule has 1 atom stereocenters. The van der Waals surface area contributed by atoms with Crippen LogP contribution in [0.1, 0.15) is 19.4 Å². The van der Waals surface area contributed by atoms with Gasteiger partial charge in [-0.25, -0.2) is 0 Å². The fraction of sp³-hybridized carbons (Fsp3) is 0.571. The minimum atomic E-state index is 0.246. The van der Waals surface area contributed by atoms with Gasteiger partial charge in [-0.2, -0.15) is 0 Å². The molecule has 1 N–H and O–H groups in total. The lowest BCUT2D eigenvalue weighted by Gasteiger charge is -2.17.